The molecule has 1 unspecified atom stereocenters. The molecule has 4 rings (SSSR count). The van der Waals surface area contributed by atoms with E-state index < -0.39 is 0 Å². The highest BCUT2D eigenvalue weighted by atomic mass is 16.2. The zero-order chi connectivity index (χ0) is 18.8. The molecule has 0 saturated carbocycles. The maximum atomic E-state index is 12.9. The minimum Gasteiger partial charge on any atom is -0.398 e. The molecule has 0 bridgehead atoms. The van der Waals surface area contributed by atoms with E-state index in [1.165, 1.54) is 0 Å². The van der Waals surface area contributed by atoms with Crippen molar-refractivity contribution in [3.8, 4) is 0 Å². The summed E-state index contributed by atoms with van der Waals surface area (Å²) >= 11 is 0. The highest BCUT2D eigenvalue weighted by Crippen LogP contribution is 2.25. The van der Waals surface area contributed by atoms with Crippen LogP contribution in [-0.2, 0) is 4.79 Å². The Morgan fingerprint density at radius 1 is 0.889 bits per heavy atom. The SMILES string of the molecule is Nc1ccccc1C(=O)N1CCN(C2CCN(c3ccccc3)C2=O)CC1. The van der Waals surface area contributed by atoms with Gasteiger partial charge in [0.2, 0.25) is 5.91 Å². The van der Waals surface area contributed by atoms with E-state index in [9.17, 15) is 9.59 Å². The van der Waals surface area contributed by atoms with Crippen LogP contribution in [-0.4, -0.2) is 60.4 Å². The number of piperazine rings is 1. The number of para-hydroxylation sites is 2. The lowest BCUT2D eigenvalue weighted by Gasteiger charge is -2.37. The normalized spacial score (nSPS) is 20.9. The monoisotopic (exact) mass is 364 g/mol. The topological polar surface area (TPSA) is 69.9 Å². The molecule has 2 aliphatic heterocycles. The van der Waals surface area contributed by atoms with E-state index in [1.807, 2.05) is 52.3 Å². The molecule has 2 aliphatic rings. The van der Waals surface area contributed by atoms with Crippen molar-refractivity contribution in [3.05, 3.63) is 60.2 Å². The van der Waals surface area contributed by atoms with Gasteiger partial charge in [-0.2, -0.15) is 0 Å². The van der Waals surface area contributed by atoms with Crippen LogP contribution in [0, 0.1) is 0 Å². The number of anilines is 2. The molecule has 27 heavy (non-hydrogen) atoms. The summed E-state index contributed by atoms with van der Waals surface area (Å²) in [7, 11) is 0. The Kier molecular flexibility index (Phi) is 4.81. The molecule has 0 radical (unpaired) electrons. The average Bonchev–Trinajstić information content (AvgIpc) is 3.10. The Morgan fingerprint density at radius 2 is 1.56 bits per heavy atom. The van der Waals surface area contributed by atoms with Crippen LogP contribution in [0.25, 0.3) is 0 Å². The number of carbonyl (C=O) groups is 2. The van der Waals surface area contributed by atoms with Crippen molar-refractivity contribution in [2.45, 2.75) is 12.5 Å². The predicted molar refractivity (Wildman–Crippen MR) is 106 cm³/mol. The fourth-order valence-electron chi connectivity index (χ4n) is 3.97. The van der Waals surface area contributed by atoms with Gasteiger partial charge in [0, 0.05) is 44.1 Å². The summed E-state index contributed by atoms with van der Waals surface area (Å²) in [4.78, 5) is 31.5. The van der Waals surface area contributed by atoms with Crippen molar-refractivity contribution in [2.24, 2.45) is 0 Å². The molecule has 6 heteroatoms. The molecule has 2 aromatic carbocycles. The van der Waals surface area contributed by atoms with Gasteiger partial charge in [-0.3, -0.25) is 14.5 Å². The second-order valence-electron chi connectivity index (χ2n) is 7.05. The molecular formula is C21H24N4O2. The standard InChI is InChI=1S/C21H24N4O2/c22-18-9-5-4-8-17(18)20(26)24-14-12-23(13-15-24)19-10-11-25(21(19)27)16-6-2-1-3-7-16/h1-9,19H,10-15,22H2. The molecule has 2 saturated heterocycles. The van der Waals surface area contributed by atoms with Gasteiger partial charge in [-0.05, 0) is 30.7 Å². The quantitative estimate of drug-likeness (QED) is 0.844. The zero-order valence-electron chi connectivity index (χ0n) is 15.3. The van der Waals surface area contributed by atoms with E-state index in [-0.39, 0.29) is 17.9 Å². The number of hydrogen-bond acceptors (Lipinski definition) is 4. The van der Waals surface area contributed by atoms with E-state index in [0.29, 0.717) is 37.4 Å². The summed E-state index contributed by atoms with van der Waals surface area (Å²) in [6.45, 7) is 3.38. The minimum absolute atomic E-state index is 0.0311. The van der Waals surface area contributed by atoms with Crippen LogP contribution in [0.5, 0.6) is 0 Å². The number of amides is 2. The smallest absolute Gasteiger partial charge is 0.256 e. The number of nitrogens with two attached hydrogens (primary N) is 1. The summed E-state index contributed by atoms with van der Waals surface area (Å²) in [6, 6.07) is 16.9. The number of rotatable bonds is 3. The van der Waals surface area contributed by atoms with E-state index in [0.717, 1.165) is 18.7 Å². The fraction of sp³-hybridized carbons (Fsp3) is 0.333. The van der Waals surface area contributed by atoms with E-state index in [1.54, 1.807) is 12.1 Å². The zero-order valence-corrected chi connectivity index (χ0v) is 15.3. The van der Waals surface area contributed by atoms with Crippen molar-refractivity contribution in [1.29, 1.82) is 0 Å². The Balaban J connectivity index is 1.38. The van der Waals surface area contributed by atoms with Crippen molar-refractivity contribution < 1.29 is 9.59 Å². The van der Waals surface area contributed by atoms with Gasteiger partial charge in [0.25, 0.3) is 5.91 Å². The lowest BCUT2D eigenvalue weighted by molar-refractivity contribution is -0.122. The first-order valence-corrected chi connectivity index (χ1v) is 9.39. The molecule has 140 valence electrons. The van der Waals surface area contributed by atoms with Crippen LogP contribution in [0.3, 0.4) is 0 Å². The van der Waals surface area contributed by atoms with Crippen LogP contribution in [0.15, 0.2) is 54.6 Å². The van der Waals surface area contributed by atoms with Gasteiger partial charge in [-0.25, -0.2) is 0 Å². The molecule has 0 aliphatic carbocycles. The van der Waals surface area contributed by atoms with E-state index >= 15 is 0 Å². The molecule has 2 amide bonds. The van der Waals surface area contributed by atoms with Crippen LogP contribution < -0.4 is 10.6 Å². The van der Waals surface area contributed by atoms with Gasteiger partial charge in [0.05, 0.1) is 11.6 Å². The molecular weight excluding hydrogens is 340 g/mol. The van der Waals surface area contributed by atoms with Crippen LogP contribution >= 0.6 is 0 Å². The lowest BCUT2D eigenvalue weighted by Crippen LogP contribution is -2.53. The Hall–Kier alpha value is -2.86. The lowest BCUT2D eigenvalue weighted by atomic mass is 10.1. The first kappa shape index (κ1) is 17.5. The maximum Gasteiger partial charge on any atom is 0.256 e. The third-order valence-electron chi connectivity index (χ3n) is 5.48. The molecule has 2 heterocycles. The summed E-state index contributed by atoms with van der Waals surface area (Å²) in [6.07, 6.45) is 0.827. The summed E-state index contributed by atoms with van der Waals surface area (Å²) in [5, 5.41) is 0. The Morgan fingerprint density at radius 3 is 2.26 bits per heavy atom. The average molecular weight is 364 g/mol. The minimum atomic E-state index is -0.0933. The number of nitrogens with zero attached hydrogens (tertiary/aromatic N) is 3. The largest absolute Gasteiger partial charge is 0.398 e. The predicted octanol–water partition coefficient (Wildman–Crippen LogP) is 1.83. The second-order valence-corrected chi connectivity index (χ2v) is 7.05. The highest BCUT2D eigenvalue weighted by molar-refractivity contribution is 6.00. The summed E-state index contributed by atoms with van der Waals surface area (Å²) in [5.74, 6) is 0.129. The van der Waals surface area contributed by atoms with Crippen molar-refractivity contribution in [3.63, 3.8) is 0 Å². The highest BCUT2D eigenvalue weighted by Gasteiger charge is 2.38. The first-order valence-electron chi connectivity index (χ1n) is 9.39. The van der Waals surface area contributed by atoms with Crippen molar-refractivity contribution >= 4 is 23.2 Å². The van der Waals surface area contributed by atoms with Gasteiger partial charge in [0.1, 0.15) is 0 Å². The van der Waals surface area contributed by atoms with Gasteiger partial charge in [-0.1, -0.05) is 30.3 Å². The number of carbonyl (C=O) groups excluding carboxylic acids is 2. The molecule has 0 spiro atoms. The molecule has 0 aromatic heterocycles. The van der Waals surface area contributed by atoms with Crippen molar-refractivity contribution in [1.82, 2.24) is 9.80 Å². The molecule has 2 aromatic rings. The molecule has 1 atom stereocenters. The molecule has 2 N–H and O–H groups in total. The first-order chi connectivity index (χ1) is 13.1. The third kappa shape index (κ3) is 3.40. The fourth-order valence-corrected chi connectivity index (χ4v) is 3.97. The van der Waals surface area contributed by atoms with Crippen molar-refractivity contribution in [2.75, 3.05) is 43.4 Å². The van der Waals surface area contributed by atoms with E-state index in [2.05, 4.69) is 4.90 Å². The van der Waals surface area contributed by atoms with Crippen LogP contribution in [0.4, 0.5) is 11.4 Å². The Bertz CT molecular complexity index is 831. The Labute approximate surface area is 159 Å². The number of hydrogen-bond donors (Lipinski definition) is 1. The van der Waals surface area contributed by atoms with Crippen LogP contribution in [0.1, 0.15) is 16.8 Å². The van der Waals surface area contributed by atoms with Gasteiger partial charge in [0.15, 0.2) is 0 Å². The van der Waals surface area contributed by atoms with Crippen LogP contribution in [0.2, 0.25) is 0 Å². The van der Waals surface area contributed by atoms with Gasteiger partial charge in [-0.15, -0.1) is 0 Å². The maximum absolute atomic E-state index is 12.9. The number of benzene rings is 2. The number of nitrogen functional groups attached to an aromatic ring is 1. The van der Waals surface area contributed by atoms with Gasteiger partial charge >= 0.3 is 0 Å². The molecule has 2 fully saturated rings. The molecule has 6 nitrogen and oxygen atoms in total. The van der Waals surface area contributed by atoms with Gasteiger partial charge < -0.3 is 15.5 Å². The second kappa shape index (κ2) is 7.40. The summed E-state index contributed by atoms with van der Waals surface area (Å²) in [5.41, 5.74) is 7.96. The van der Waals surface area contributed by atoms with E-state index in [4.69, 9.17) is 5.73 Å². The third-order valence-corrected chi connectivity index (χ3v) is 5.48. The summed E-state index contributed by atoms with van der Waals surface area (Å²) < 4.78 is 0.